The van der Waals surface area contributed by atoms with Crippen LogP contribution in [0.1, 0.15) is 67.3 Å². The minimum Gasteiger partial charge on any atom is -0.465 e. The first kappa shape index (κ1) is 29.8. The van der Waals surface area contributed by atoms with Crippen LogP contribution in [0.15, 0.2) is 36.4 Å². The summed E-state index contributed by atoms with van der Waals surface area (Å²) in [7, 11) is 0. The summed E-state index contributed by atoms with van der Waals surface area (Å²) < 4.78 is 5.85. The highest BCUT2D eigenvalue weighted by Crippen LogP contribution is 2.26. The molecule has 4 N–H and O–H groups in total. The molecule has 1 unspecified atom stereocenters. The van der Waals surface area contributed by atoms with E-state index in [1.807, 2.05) is 12.1 Å². The van der Waals surface area contributed by atoms with Crippen LogP contribution in [-0.4, -0.2) is 77.8 Å². The Kier molecular flexibility index (Phi) is 10.9. The Bertz CT molecular complexity index is 1260. The number of rotatable bonds is 12. The van der Waals surface area contributed by atoms with Gasteiger partial charge in [0.1, 0.15) is 5.82 Å². The second-order valence-electron chi connectivity index (χ2n) is 10.4. The third-order valence-corrected chi connectivity index (χ3v) is 7.54. The van der Waals surface area contributed by atoms with Crippen molar-refractivity contribution in [1.29, 1.82) is 5.26 Å². The van der Waals surface area contributed by atoms with Crippen molar-refractivity contribution in [2.45, 2.75) is 63.5 Å². The molecular formula is C30H38N6O5. The molecule has 11 heteroatoms. The van der Waals surface area contributed by atoms with Gasteiger partial charge in [-0.1, -0.05) is 18.2 Å². The van der Waals surface area contributed by atoms with Crippen molar-refractivity contribution in [2.24, 2.45) is 0 Å². The topological polar surface area (TPSA) is 157 Å². The lowest BCUT2D eigenvalue weighted by Crippen LogP contribution is -2.43. The van der Waals surface area contributed by atoms with E-state index in [0.29, 0.717) is 54.3 Å². The number of carbonyl (C=O) groups excluding carboxylic acids is 2. The lowest BCUT2D eigenvalue weighted by Gasteiger charge is -2.25. The fraction of sp³-hybridized carbons (Fsp3) is 0.500. The largest absolute Gasteiger partial charge is 0.465 e. The number of pyridine rings is 1. The van der Waals surface area contributed by atoms with Crippen molar-refractivity contribution >= 4 is 23.7 Å². The maximum Gasteiger partial charge on any atom is 0.404 e. The molecule has 1 aromatic heterocycles. The lowest BCUT2D eigenvalue weighted by molar-refractivity contribution is -0.132. The highest BCUT2D eigenvalue weighted by atomic mass is 16.5. The van der Waals surface area contributed by atoms with E-state index >= 15 is 0 Å². The second-order valence-corrected chi connectivity index (χ2v) is 10.4. The molecular weight excluding hydrogens is 524 g/mol. The van der Waals surface area contributed by atoms with E-state index in [9.17, 15) is 19.6 Å². The van der Waals surface area contributed by atoms with Crippen LogP contribution >= 0.6 is 0 Å². The molecule has 0 spiro atoms. The van der Waals surface area contributed by atoms with Gasteiger partial charge in [0, 0.05) is 50.8 Å². The minimum atomic E-state index is -1.10. The van der Waals surface area contributed by atoms with Crippen LogP contribution in [0.3, 0.4) is 0 Å². The monoisotopic (exact) mass is 562 g/mol. The van der Waals surface area contributed by atoms with Gasteiger partial charge in [-0.25, -0.2) is 9.78 Å². The van der Waals surface area contributed by atoms with E-state index in [0.717, 1.165) is 45.1 Å². The zero-order valence-corrected chi connectivity index (χ0v) is 23.2. The van der Waals surface area contributed by atoms with Gasteiger partial charge in [0.25, 0.3) is 5.91 Å². The van der Waals surface area contributed by atoms with Crippen molar-refractivity contribution in [3.8, 4) is 17.3 Å². The van der Waals surface area contributed by atoms with Crippen LogP contribution in [0.2, 0.25) is 0 Å². The number of hydrogen-bond donors (Lipinski definition) is 4. The number of anilines is 1. The summed E-state index contributed by atoms with van der Waals surface area (Å²) in [4.78, 5) is 43.3. The van der Waals surface area contributed by atoms with Gasteiger partial charge in [-0.3, -0.25) is 9.59 Å². The Morgan fingerprint density at radius 1 is 1.07 bits per heavy atom. The Hall–Kier alpha value is -4.17. The molecule has 218 valence electrons. The standard InChI is InChI=1S/C30H38N6O5/c31-19-21-7-1-2-10-24(21)26-13-12-25(28(35-26)32-16-14-23-9-3-4-18-41-23)29(38)34-20-22-8-6-17-36(22)27(37)11-5-15-33-30(39)40/h1-2,7,10,12-13,22-23,33H,3-6,8-9,11,14-18,20H2,(H,32,35)(H,34,38)(H,39,40)/t22?,23-/m1/s1. The van der Waals surface area contributed by atoms with Crippen molar-refractivity contribution < 1.29 is 24.2 Å². The van der Waals surface area contributed by atoms with Gasteiger partial charge in [0.15, 0.2) is 0 Å². The number of likely N-dealkylation sites (tertiary alicyclic amines) is 1. The fourth-order valence-electron chi connectivity index (χ4n) is 5.38. The maximum atomic E-state index is 13.4. The summed E-state index contributed by atoms with van der Waals surface area (Å²) in [6.45, 7) is 2.52. The molecule has 0 radical (unpaired) electrons. The van der Waals surface area contributed by atoms with Gasteiger partial charge < -0.3 is 30.7 Å². The number of ether oxygens (including phenoxy) is 1. The Morgan fingerprint density at radius 3 is 2.71 bits per heavy atom. The van der Waals surface area contributed by atoms with Gasteiger partial charge in [-0.15, -0.1) is 0 Å². The van der Waals surface area contributed by atoms with Gasteiger partial charge in [-0.2, -0.15) is 5.26 Å². The average Bonchev–Trinajstić information content (AvgIpc) is 3.47. The molecule has 41 heavy (non-hydrogen) atoms. The second kappa shape index (κ2) is 15.0. The molecule has 2 aliphatic heterocycles. The van der Waals surface area contributed by atoms with E-state index in [2.05, 4.69) is 22.0 Å². The maximum absolute atomic E-state index is 13.4. The molecule has 4 rings (SSSR count). The summed E-state index contributed by atoms with van der Waals surface area (Å²) in [5.74, 6) is 0.108. The number of nitrogens with one attached hydrogen (secondary N) is 3. The van der Waals surface area contributed by atoms with E-state index in [-0.39, 0.29) is 36.9 Å². The molecule has 0 aliphatic carbocycles. The quantitative estimate of drug-likeness (QED) is 0.285. The summed E-state index contributed by atoms with van der Waals surface area (Å²) in [5.41, 5.74) is 2.19. The van der Waals surface area contributed by atoms with Crippen LogP contribution in [0.4, 0.5) is 10.6 Å². The van der Waals surface area contributed by atoms with Crippen LogP contribution < -0.4 is 16.0 Å². The highest BCUT2D eigenvalue weighted by Gasteiger charge is 2.29. The van der Waals surface area contributed by atoms with E-state index in [4.69, 9.17) is 14.8 Å². The number of carboxylic acid groups (broad SMARTS) is 1. The summed E-state index contributed by atoms with van der Waals surface area (Å²) in [6, 6.07) is 12.8. The number of amides is 3. The van der Waals surface area contributed by atoms with Gasteiger partial charge >= 0.3 is 6.09 Å². The first-order valence-corrected chi connectivity index (χ1v) is 14.4. The van der Waals surface area contributed by atoms with Crippen molar-refractivity contribution in [3.63, 3.8) is 0 Å². The molecule has 2 fully saturated rings. The Labute approximate surface area is 240 Å². The van der Waals surface area contributed by atoms with Gasteiger partial charge in [0.05, 0.1) is 29.0 Å². The van der Waals surface area contributed by atoms with Crippen LogP contribution in [0, 0.1) is 11.3 Å². The molecule has 0 saturated carbocycles. The lowest BCUT2D eigenvalue weighted by atomic mass is 10.0. The average molecular weight is 563 g/mol. The molecule has 2 aliphatic rings. The number of nitriles is 1. The summed E-state index contributed by atoms with van der Waals surface area (Å²) >= 11 is 0. The first-order chi connectivity index (χ1) is 20.0. The van der Waals surface area contributed by atoms with Crippen molar-refractivity contribution in [2.75, 3.05) is 38.1 Å². The molecule has 3 heterocycles. The molecule has 2 aromatic rings. The number of aromatic nitrogens is 1. The molecule has 2 atom stereocenters. The van der Waals surface area contributed by atoms with E-state index in [1.54, 1.807) is 29.2 Å². The zero-order valence-electron chi connectivity index (χ0n) is 23.2. The molecule has 2 saturated heterocycles. The third-order valence-electron chi connectivity index (χ3n) is 7.54. The minimum absolute atomic E-state index is 0.0385. The molecule has 11 nitrogen and oxygen atoms in total. The van der Waals surface area contributed by atoms with Crippen LogP contribution in [0.25, 0.3) is 11.3 Å². The predicted octanol–water partition coefficient (Wildman–Crippen LogP) is 3.76. The molecule has 0 bridgehead atoms. The number of carbonyl (C=O) groups is 3. The normalized spacial score (nSPS) is 18.4. The third kappa shape index (κ3) is 8.41. The molecule has 3 amide bonds. The zero-order chi connectivity index (χ0) is 29.0. The molecule has 1 aromatic carbocycles. The Balaban J connectivity index is 1.42. The van der Waals surface area contributed by atoms with Crippen molar-refractivity contribution in [3.05, 3.63) is 47.5 Å². The predicted molar refractivity (Wildman–Crippen MR) is 153 cm³/mol. The van der Waals surface area contributed by atoms with E-state index in [1.165, 1.54) is 0 Å². The SMILES string of the molecule is N#Cc1ccccc1-c1ccc(C(=O)NCC2CCCN2C(=O)CCCNC(=O)O)c(NCC[C@H]2CCCCO2)n1. The van der Waals surface area contributed by atoms with E-state index < -0.39 is 6.09 Å². The van der Waals surface area contributed by atoms with Crippen LogP contribution in [-0.2, 0) is 9.53 Å². The summed E-state index contributed by atoms with van der Waals surface area (Å²) in [5, 5.41) is 26.9. The van der Waals surface area contributed by atoms with Crippen LogP contribution in [0.5, 0.6) is 0 Å². The number of nitrogens with zero attached hydrogens (tertiary/aromatic N) is 3. The first-order valence-electron chi connectivity index (χ1n) is 14.4. The Morgan fingerprint density at radius 2 is 1.93 bits per heavy atom. The van der Waals surface area contributed by atoms with Gasteiger partial charge in [-0.05, 0) is 63.1 Å². The number of benzene rings is 1. The van der Waals surface area contributed by atoms with Gasteiger partial charge in [0.2, 0.25) is 5.91 Å². The van der Waals surface area contributed by atoms with Crippen molar-refractivity contribution in [1.82, 2.24) is 20.5 Å². The summed E-state index contributed by atoms with van der Waals surface area (Å²) in [6.07, 6.45) is 5.44. The highest BCUT2D eigenvalue weighted by molar-refractivity contribution is 5.99. The fourth-order valence-corrected chi connectivity index (χ4v) is 5.38. The number of hydrogen-bond acceptors (Lipinski definition) is 7. The smallest absolute Gasteiger partial charge is 0.404 e.